The van der Waals surface area contributed by atoms with Gasteiger partial charge in [-0.3, -0.25) is 4.79 Å². The molecule has 1 aromatic rings. The summed E-state index contributed by atoms with van der Waals surface area (Å²) in [5.41, 5.74) is 3.20. The SMILES string of the molecule is COc1ccc2c(c1)CCCC(C=O)=C2Br. The Balaban J connectivity index is 2.53. The van der Waals surface area contributed by atoms with E-state index in [1.165, 1.54) is 5.56 Å². The quantitative estimate of drug-likeness (QED) is 0.777. The van der Waals surface area contributed by atoms with Crippen LogP contribution in [0.2, 0.25) is 0 Å². The molecule has 0 fully saturated rings. The van der Waals surface area contributed by atoms with Crippen molar-refractivity contribution in [1.29, 1.82) is 0 Å². The largest absolute Gasteiger partial charge is 0.497 e. The lowest BCUT2D eigenvalue weighted by Crippen LogP contribution is -1.91. The lowest BCUT2D eigenvalue weighted by atomic mass is 10.0. The maximum absolute atomic E-state index is 10.9. The molecule has 84 valence electrons. The number of halogens is 1. The Hall–Kier alpha value is -1.09. The van der Waals surface area contributed by atoms with E-state index in [0.717, 1.165) is 46.9 Å². The van der Waals surface area contributed by atoms with E-state index in [-0.39, 0.29) is 0 Å². The summed E-state index contributed by atoms with van der Waals surface area (Å²) in [5, 5.41) is 0. The molecule has 0 aliphatic heterocycles. The third-order valence-electron chi connectivity index (χ3n) is 2.87. The molecule has 1 aliphatic rings. The van der Waals surface area contributed by atoms with Crippen molar-refractivity contribution in [3.63, 3.8) is 0 Å². The average Bonchev–Trinajstić information content (AvgIpc) is 2.48. The second kappa shape index (κ2) is 4.83. The molecule has 2 rings (SSSR count). The Labute approximate surface area is 103 Å². The predicted molar refractivity (Wildman–Crippen MR) is 67.8 cm³/mol. The number of allylic oxidation sites excluding steroid dienone is 1. The Morgan fingerprint density at radius 1 is 1.38 bits per heavy atom. The molecule has 2 nitrogen and oxygen atoms in total. The van der Waals surface area contributed by atoms with Crippen LogP contribution < -0.4 is 4.74 Å². The minimum Gasteiger partial charge on any atom is -0.497 e. The van der Waals surface area contributed by atoms with Gasteiger partial charge in [0.1, 0.15) is 12.0 Å². The summed E-state index contributed by atoms with van der Waals surface area (Å²) >= 11 is 3.52. The van der Waals surface area contributed by atoms with Crippen LogP contribution in [0, 0.1) is 0 Å². The molecule has 0 heterocycles. The summed E-state index contributed by atoms with van der Waals surface area (Å²) in [6.07, 6.45) is 3.77. The van der Waals surface area contributed by atoms with Gasteiger partial charge in [-0.2, -0.15) is 0 Å². The van der Waals surface area contributed by atoms with E-state index in [4.69, 9.17) is 4.74 Å². The van der Waals surface area contributed by atoms with Crippen LogP contribution in [0.4, 0.5) is 0 Å². The van der Waals surface area contributed by atoms with Gasteiger partial charge < -0.3 is 4.74 Å². The lowest BCUT2D eigenvalue weighted by Gasteiger charge is -2.08. The van der Waals surface area contributed by atoms with Crippen LogP contribution in [-0.4, -0.2) is 13.4 Å². The van der Waals surface area contributed by atoms with Crippen molar-refractivity contribution in [1.82, 2.24) is 0 Å². The third kappa shape index (κ3) is 2.05. The Morgan fingerprint density at radius 3 is 2.88 bits per heavy atom. The smallest absolute Gasteiger partial charge is 0.147 e. The molecule has 0 unspecified atom stereocenters. The van der Waals surface area contributed by atoms with Crippen LogP contribution in [-0.2, 0) is 11.2 Å². The summed E-state index contributed by atoms with van der Waals surface area (Å²) in [4.78, 5) is 10.9. The van der Waals surface area contributed by atoms with Gasteiger partial charge >= 0.3 is 0 Å². The van der Waals surface area contributed by atoms with Gasteiger partial charge in [0.05, 0.1) is 7.11 Å². The molecule has 0 atom stereocenters. The molecule has 1 aliphatic carbocycles. The Bertz CT molecular complexity index is 449. The van der Waals surface area contributed by atoms with Crippen molar-refractivity contribution >= 4 is 26.7 Å². The fraction of sp³-hybridized carbons (Fsp3) is 0.308. The summed E-state index contributed by atoms with van der Waals surface area (Å²) in [5.74, 6) is 0.869. The van der Waals surface area contributed by atoms with Crippen molar-refractivity contribution in [3.05, 3.63) is 34.9 Å². The van der Waals surface area contributed by atoms with Gasteiger partial charge in [0, 0.05) is 10.1 Å². The summed E-state index contributed by atoms with van der Waals surface area (Å²) in [6.45, 7) is 0. The molecule has 1 aromatic carbocycles. The van der Waals surface area contributed by atoms with Crippen molar-refractivity contribution in [2.24, 2.45) is 0 Å². The maximum Gasteiger partial charge on any atom is 0.147 e. The highest BCUT2D eigenvalue weighted by Crippen LogP contribution is 2.35. The number of carbonyl (C=O) groups excluding carboxylic acids is 1. The van der Waals surface area contributed by atoms with E-state index in [2.05, 4.69) is 15.9 Å². The van der Waals surface area contributed by atoms with Crippen LogP contribution in [0.15, 0.2) is 23.8 Å². The monoisotopic (exact) mass is 280 g/mol. The standard InChI is InChI=1S/C13H13BrO2/c1-16-11-5-6-12-9(7-11)3-2-4-10(8-15)13(12)14/h5-8H,2-4H2,1H3. The first-order valence-corrected chi connectivity index (χ1v) is 6.06. The summed E-state index contributed by atoms with van der Waals surface area (Å²) in [7, 11) is 1.67. The predicted octanol–water partition coefficient (Wildman–Crippen LogP) is 3.34. The second-order valence-corrected chi connectivity index (χ2v) is 4.63. The highest BCUT2D eigenvalue weighted by atomic mass is 79.9. The first-order chi connectivity index (χ1) is 7.76. The number of aldehydes is 1. The molecule has 16 heavy (non-hydrogen) atoms. The summed E-state index contributed by atoms with van der Waals surface area (Å²) in [6, 6.07) is 5.98. The fourth-order valence-electron chi connectivity index (χ4n) is 1.98. The lowest BCUT2D eigenvalue weighted by molar-refractivity contribution is -0.105. The Morgan fingerprint density at radius 2 is 2.19 bits per heavy atom. The zero-order chi connectivity index (χ0) is 11.5. The molecule has 0 amide bonds. The van der Waals surface area contributed by atoms with Crippen LogP contribution in [0.5, 0.6) is 5.75 Å². The molecule has 0 saturated heterocycles. The minimum atomic E-state index is 0.834. The fourth-order valence-corrected chi connectivity index (χ4v) is 2.66. The van der Waals surface area contributed by atoms with Gasteiger partial charge in [0.15, 0.2) is 0 Å². The zero-order valence-corrected chi connectivity index (χ0v) is 10.7. The highest BCUT2D eigenvalue weighted by Gasteiger charge is 2.15. The van der Waals surface area contributed by atoms with Crippen molar-refractivity contribution in [2.45, 2.75) is 19.3 Å². The van der Waals surface area contributed by atoms with E-state index < -0.39 is 0 Å². The number of methoxy groups -OCH3 is 1. The topological polar surface area (TPSA) is 26.3 Å². The molecule has 0 saturated carbocycles. The second-order valence-electron chi connectivity index (χ2n) is 3.83. The van der Waals surface area contributed by atoms with Gasteiger partial charge in [-0.25, -0.2) is 0 Å². The minimum absolute atomic E-state index is 0.834. The van der Waals surface area contributed by atoms with Gasteiger partial charge in [-0.1, -0.05) is 0 Å². The molecule has 3 heteroatoms. The van der Waals surface area contributed by atoms with Gasteiger partial charge in [-0.15, -0.1) is 0 Å². The molecule has 0 aromatic heterocycles. The van der Waals surface area contributed by atoms with Crippen LogP contribution in [0.25, 0.3) is 4.48 Å². The maximum atomic E-state index is 10.9. The van der Waals surface area contributed by atoms with Crippen LogP contribution in [0.1, 0.15) is 24.0 Å². The number of ether oxygens (including phenoxy) is 1. The van der Waals surface area contributed by atoms with Crippen LogP contribution >= 0.6 is 15.9 Å². The van der Waals surface area contributed by atoms with E-state index in [9.17, 15) is 4.79 Å². The van der Waals surface area contributed by atoms with E-state index in [1.807, 2.05) is 18.2 Å². The van der Waals surface area contributed by atoms with E-state index in [1.54, 1.807) is 7.11 Å². The molecular formula is C13H13BrO2. The van der Waals surface area contributed by atoms with Crippen molar-refractivity contribution in [3.8, 4) is 5.75 Å². The first-order valence-electron chi connectivity index (χ1n) is 5.27. The number of benzene rings is 1. The number of hydrogen-bond acceptors (Lipinski definition) is 2. The van der Waals surface area contributed by atoms with Gasteiger partial charge in [0.25, 0.3) is 0 Å². The first kappa shape index (κ1) is 11.4. The molecule has 0 radical (unpaired) electrons. The average molecular weight is 281 g/mol. The number of fused-ring (bicyclic) bond motifs is 1. The Kier molecular flexibility index (Phi) is 3.44. The van der Waals surface area contributed by atoms with E-state index in [0.29, 0.717) is 0 Å². The number of carbonyl (C=O) groups is 1. The molecule has 0 bridgehead atoms. The van der Waals surface area contributed by atoms with Crippen LogP contribution in [0.3, 0.4) is 0 Å². The van der Waals surface area contributed by atoms with Crippen molar-refractivity contribution in [2.75, 3.05) is 7.11 Å². The molecule has 0 N–H and O–H groups in total. The van der Waals surface area contributed by atoms with Gasteiger partial charge in [-0.05, 0) is 64.5 Å². The molecule has 0 spiro atoms. The number of aryl methyl sites for hydroxylation is 1. The van der Waals surface area contributed by atoms with Gasteiger partial charge in [0.2, 0.25) is 0 Å². The zero-order valence-electron chi connectivity index (χ0n) is 9.13. The summed E-state index contributed by atoms with van der Waals surface area (Å²) < 4.78 is 6.14. The normalized spacial score (nSPS) is 15.4. The number of rotatable bonds is 2. The third-order valence-corrected chi connectivity index (χ3v) is 3.80. The molecular weight excluding hydrogens is 268 g/mol. The highest BCUT2D eigenvalue weighted by molar-refractivity contribution is 9.15. The number of hydrogen-bond donors (Lipinski definition) is 0. The van der Waals surface area contributed by atoms with Crippen molar-refractivity contribution < 1.29 is 9.53 Å². The van der Waals surface area contributed by atoms with E-state index >= 15 is 0 Å².